The predicted octanol–water partition coefficient (Wildman–Crippen LogP) is 4.24. The third kappa shape index (κ3) is 2.99. The lowest BCUT2D eigenvalue weighted by molar-refractivity contribution is 0.105. The molecule has 2 heteroatoms. The van der Waals surface area contributed by atoms with E-state index in [-0.39, 0.29) is 0 Å². The smallest absolute Gasteiger partial charge is 0.105 e. The highest BCUT2D eigenvalue weighted by molar-refractivity contribution is 5.44. The fourth-order valence-electron chi connectivity index (χ4n) is 3.19. The Kier molecular flexibility index (Phi) is 4.52. The minimum atomic E-state index is -1.01. The Morgan fingerprint density at radius 2 is 1.25 bits per heavy atom. The largest absolute Gasteiger partial charge is 0.386 e. The zero-order chi connectivity index (χ0) is 17.2. The number of aliphatic hydroxyl groups is 1. The fraction of sp³-hybridized carbons (Fsp3) is 0.182. The molecule has 0 unspecified atom stereocenters. The molecule has 0 bridgehead atoms. The summed E-state index contributed by atoms with van der Waals surface area (Å²) in [6.45, 7) is 4.07. The van der Waals surface area contributed by atoms with E-state index in [4.69, 9.17) is 5.73 Å². The van der Waals surface area contributed by atoms with Crippen molar-refractivity contribution < 1.29 is 5.11 Å². The molecule has 0 amide bonds. The van der Waals surface area contributed by atoms with Gasteiger partial charge >= 0.3 is 0 Å². The van der Waals surface area contributed by atoms with Gasteiger partial charge < -0.3 is 10.8 Å². The van der Waals surface area contributed by atoms with Crippen LogP contribution in [-0.2, 0) is 5.54 Å². The molecule has 2 nitrogen and oxygen atoms in total. The summed E-state index contributed by atoms with van der Waals surface area (Å²) in [5.74, 6) is 0. The minimum Gasteiger partial charge on any atom is -0.386 e. The first kappa shape index (κ1) is 16.4. The van der Waals surface area contributed by atoms with Gasteiger partial charge in [-0.1, -0.05) is 90.0 Å². The maximum Gasteiger partial charge on any atom is 0.105 e. The molecule has 0 aliphatic rings. The van der Waals surface area contributed by atoms with Crippen LogP contribution < -0.4 is 5.73 Å². The molecule has 0 saturated carbocycles. The van der Waals surface area contributed by atoms with E-state index in [0.717, 1.165) is 27.8 Å². The molecule has 3 aromatic rings. The summed E-state index contributed by atoms with van der Waals surface area (Å²) >= 11 is 0. The monoisotopic (exact) mass is 317 g/mol. The van der Waals surface area contributed by atoms with Gasteiger partial charge in [0.15, 0.2) is 0 Å². The van der Waals surface area contributed by atoms with Gasteiger partial charge in [0.05, 0.1) is 5.54 Å². The van der Waals surface area contributed by atoms with Crippen LogP contribution in [0, 0.1) is 13.8 Å². The lowest BCUT2D eigenvalue weighted by Gasteiger charge is -2.36. The van der Waals surface area contributed by atoms with Crippen molar-refractivity contribution >= 4 is 0 Å². The summed E-state index contributed by atoms with van der Waals surface area (Å²) in [6, 6.07) is 25.7. The molecular formula is C22H23NO. The first-order valence-electron chi connectivity index (χ1n) is 8.18. The molecule has 1 atom stereocenters. The van der Waals surface area contributed by atoms with E-state index in [9.17, 15) is 5.11 Å². The molecule has 0 aromatic heterocycles. The molecule has 3 N–H and O–H groups in total. The van der Waals surface area contributed by atoms with E-state index < -0.39 is 11.6 Å². The van der Waals surface area contributed by atoms with Crippen LogP contribution in [0.4, 0.5) is 0 Å². The van der Waals surface area contributed by atoms with E-state index in [1.807, 2.05) is 80.6 Å². The number of rotatable bonds is 4. The second-order valence-electron chi connectivity index (χ2n) is 6.42. The number of aliphatic hydroxyl groups excluding tert-OH is 1. The molecule has 0 saturated heterocycles. The standard InChI is InChI=1S/C22H23NO/c1-16-8-6-12-19(14-16)22(23,20-13-7-9-17(2)15-20)21(24)18-10-4-3-5-11-18/h3-15,21,24H,23H2,1-2H3/t21-/m0/s1. The summed E-state index contributed by atoms with van der Waals surface area (Å²) in [7, 11) is 0. The van der Waals surface area contributed by atoms with E-state index >= 15 is 0 Å². The Bertz CT molecular complexity index is 781. The molecule has 3 aromatic carbocycles. The van der Waals surface area contributed by atoms with Crippen LogP contribution in [0.15, 0.2) is 78.9 Å². The van der Waals surface area contributed by atoms with Gasteiger partial charge in [-0.15, -0.1) is 0 Å². The average molecular weight is 317 g/mol. The quantitative estimate of drug-likeness (QED) is 0.756. The van der Waals surface area contributed by atoms with E-state index in [1.54, 1.807) is 0 Å². The number of aryl methyl sites for hydroxylation is 2. The van der Waals surface area contributed by atoms with Crippen molar-refractivity contribution in [3.05, 3.63) is 107 Å². The number of benzene rings is 3. The molecule has 0 radical (unpaired) electrons. The lowest BCUT2D eigenvalue weighted by Crippen LogP contribution is -2.44. The second-order valence-corrected chi connectivity index (χ2v) is 6.42. The highest BCUT2D eigenvalue weighted by Crippen LogP contribution is 2.39. The molecule has 24 heavy (non-hydrogen) atoms. The van der Waals surface area contributed by atoms with Crippen molar-refractivity contribution in [2.45, 2.75) is 25.5 Å². The van der Waals surface area contributed by atoms with Gasteiger partial charge in [0, 0.05) is 0 Å². The van der Waals surface area contributed by atoms with Crippen LogP contribution >= 0.6 is 0 Å². The third-order valence-corrected chi connectivity index (χ3v) is 4.54. The first-order chi connectivity index (χ1) is 11.5. The molecule has 0 heterocycles. The van der Waals surface area contributed by atoms with Crippen molar-refractivity contribution in [3.8, 4) is 0 Å². The highest BCUT2D eigenvalue weighted by atomic mass is 16.3. The Balaban J connectivity index is 2.21. The first-order valence-corrected chi connectivity index (χ1v) is 8.18. The van der Waals surface area contributed by atoms with Crippen molar-refractivity contribution in [2.24, 2.45) is 5.73 Å². The number of hydrogen-bond acceptors (Lipinski definition) is 2. The normalized spacial score (nSPS) is 12.8. The SMILES string of the molecule is Cc1cccc(C(N)(c2cccc(C)c2)[C@@H](O)c2ccccc2)c1. The summed E-state index contributed by atoms with van der Waals surface area (Å²) in [5.41, 5.74) is 10.8. The maximum absolute atomic E-state index is 11.2. The summed E-state index contributed by atoms with van der Waals surface area (Å²) in [6.07, 6.45) is -0.845. The Hall–Kier alpha value is -2.42. The van der Waals surface area contributed by atoms with Gasteiger partial charge in [-0.2, -0.15) is 0 Å². The van der Waals surface area contributed by atoms with Gasteiger partial charge in [-0.05, 0) is 30.5 Å². The Morgan fingerprint density at radius 3 is 1.71 bits per heavy atom. The van der Waals surface area contributed by atoms with Crippen molar-refractivity contribution in [2.75, 3.05) is 0 Å². The van der Waals surface area contributed by atoms with Crippen molar-refractivity contribution in [1.82, 2.24) is 0 Å². The van der Waals surface area contributed by atoms with E-state index in [1.165, 1.54) is 0 Å². The molecule has 0 aliphatic carbocycles. The van der Waals surface area contributed by atoms with Crippen LogP contribution in [-0.4, -0.2) is 5.11 Å². The molecule has 0 aliphatic heterocycles. The maximum atomic E-state index is 11.2. The lowest BCUT2D eigenvalue weighted by atomic mass is 9.76. The van der Waals surface area contributed by atoms with Crippen molar-refractivity contribution in [3.63, 3.8) is 0 Å². The van der Waals surface area contributed by atoms with E-state index in [0.29, 0.717) is 0 Å². The van der Waals surface area contributed by atoms with Gasteiger partial charge in [-0.3, -0.25) is 0 Å². The van der Waals surface area contributed by atoms with Gasteiger partial charge in [0.2, 0.25) is 0 Å². The molecule has 0 spiro atoms. The third-order valence-electron chi connectivity index (χ3n) is 4.54. The summed E-state index contributed by atoms with van der Waals surface area (Å²) < 4.78 is 0. The van der Waals surface area contributed by atoms with Gasteiger partial charge in [-0.25, -0.2) is 0 Å². The molecule has 3 rings (SSSR count). The summed E-state index contributed by atoms with van der Waals surface area (Å²) in [4.78, 5) is 0. The van der Waals surface area contributed by atoms with Crippen LogP contribution in [0.2, 0.25) is 0 Å². The van der Waals surface area contributed by atoms with E-state index in [2.05, 4.69) is 12.1 Å². The number of nitrogens with two attached hydrogens (primary N) is 1. The van der Waals surface area contributed by atoms with Crippen LogP contribution in [0.25, 0.3) is 0 Å². The molecule has 122 valence electrons. The van der Waals surface area contributed by atoms with Crippen LogP contribution in [0.5, 0.6) is 0 Å². The molecule has 0 fully saturated rings. The van der Waals surface area contributed by atoms with Gasteiger partial charge in [0.25, 0.3) is 0 Å². The van der Waals surface area contributed by atoms with Gasteiger partial charge in [0.1, 0.15) is 6.10 Å². The number of hydrogen-bond donors (Lipinski definition) is 2. The Morgan fingerprint density at radius 1 is 0.750 bits per heavy atom. The van der Waals surface area contributed by atoms with Crippen LogP contribution in [0.1, 0.15) is 33.9 Å². The zero-order valence-electron chi connectivity index (χ0n) is 14.1. The van der Waals surface area contributed by atoms with Crippen LogP contribution in [0.3, 0.4) is 0 Å². The minimum absolute atomic E-state index is 0.808. The zero-order valence-corrected chi connectivity index (χ0v) is 14.1. The predicted molar refractivity (Wildman–Crippen MR) is 98.7 cm³/mol. The topological polar surface area (TPSA) is 46.2 Å². The Labute approximate surface area is 143 Å². The van der Waals surface area contributed by atoms with Crippen molar-refractivity contribution in [1.29, 1.82) is 0 Å². The highest BCUT2D eigenvalue weighted by Gasteiger charge is 2.38. The average Bonchev–Trinajstić information content (AvgIpc) is 2.61. The second kappa shape index (κ2) is 6.60. The summed E-state index contributed by atoms with van der Waals surface area (Å²) in [5, 5.41) is 11.2. The fourth-order valence-corrected chi connectivity index (χ4v) is 3.19. The molecular weight excluding hydrogens is 294 g/mol.